The van der Waals surface area contributed by atoms with Crippen LogP contribution in [0.25, 0.3) is 0 Å². The number of halogens is 1. The number of hydrogen-bond acceptors (Lipinski definition) is 4. The fraction of sp³-hybridized carbons (Fsp3) is 0.333. The van der Waals surface area contributed by atoms with E-state index in [4.69, 9.17) is 17.3 Å². The summed E-state index contributed by atoms with van der Waals surface area (Å²) in [5, 5.41) is 3.40. The molecule has 0 saturated carbocycles. The third-order valence-electron chi connectivity index (χ3n) is 1.99. The summed E-state index contributed by atoms with van der Waals surface area (Å²) < 4.78 is 24.5. The van der Waals surface area contributed by atoms with E-state index in [0.717, 1.165) is 0 Å². The number of anilines is 2. The molecule has 1 aromatic carbocycles. The number of nitrogens with two attached hydrogens (primary N) is 1. The molecule has 0 heterocycles. The molecule has 4 N–H and O–H groups in total. The van der Waals surface area contributed by atoms with Crippen LogP contribution in [0.5, 0.6) is 0 Å². The number of sulfonamides is 1. The van der Waals surface area contributed by atoms with Crippen LogP contribution in [0.15, 0.2) is 18.2 Å². The minimum Gasteiger partial charge on any atom is -0.399 e. The van der Waals surface area contributed by atoms with E-state index in [1.807, 2.05) is 0 Å². The molecule has 90 valence electrons. The van der Waals surface area contributed by atoms with Gasteiger partial charge in [0.25, 0.3) is 0 Å². The molecular formula is C9H14ClN3O2S. The Balaban J connectivity index is 2.56. The van der Waals surface area contributed by atoms with E-state index in [-0.39, 0.29) is 12.3 Å². The molecule has 0 aliphatic carbocycles. The van der Waals surface area contributed by atoms with Crippen LogP contribution in [0.1, 0.15) is 0 Å². The van der Waals surface area contributed by atoms with E-state index in [1.54, 1.807) is 18.2 Å². The van der Waals surface area contributed by atoms with Crippen LogP contribution in [0.2, 0.25) is 5.02 Å². The molecule has 1 rings (SSSR count). The Morgan fingerprint density at radius 3 is 2.69 bits per heavy atom. The van der Waals surface area contributed by atoms with Gasteiger partial charge >= 0.3 is 0 Å². The summed E-state index contributed by atoms with van der Waals surface area (Å²) in [6, 6.07) is 5.01. The minimum absolute atomic E-state index is 0.00972. The first-order valence-corrected chi connectivity index (χ1v) is 6.68. The lowest BCUT2D eigenvalue weighted by Gasteiger charge is -2.08. The first kappa shape index (κ1) is 13.1. The molecule has 0 saturated heterocycles. The molecular weight excluding hydrogens is 250 g/mol. The number of benzene rings is 1. The summed E-state index contributed by atoms with van der Waals surface area (Å²) in [6.07, 6.45) is 0. The van der Waals surface area contributed by atoms with Gasteiger partial charge in [0, 0.05) is 12.2 Å². The average Bonchev–Trinajstić information content (AvgIpc) is 2.21. The summed E-state index contributed by atoms with van der Waals surface area (Å²) in [4.78, 5) is 0. The van der Waals surface area contributed by atoms with Crippen molar-refractivity contribution in [2.24, 2.45) is 0 Å². The number of nitrogens with one attached hydrogen (secondary N) is 2. The Kier molecular flexibility index (Phi) is 4.40. The van der Waals surface area contributed by atoms with Crippen molar-refractivity contribution in [3.8, 4) is 0 Å². The van der Waals surface area contributed by atoms with Gasteiger partial charge in [-0.25, -0.2) is 13.1 Å². The van der Waals surface area contributed by atoms with Crippen molar-refractivity contribution in [1.82, 2.24) is 4.72 Å². The zero-order valence-electron chi connectivity index (χ0n) is 8.83. The fourth-order valence-electron chi connectivity index (χ4n) is 1.10. The van der Waals surface area contributed by atoms with E-state index in [1.165, 1.54) is 7.05 Å². The van der Waals surface area contributed by atoms with Crippen molar-refractivity contribution in [3.63, 3.8) is 0 Å². The standard InChI is InChI=1S/C9H14ClN3O2S/c1-12-16(14,15)5-4-13-9-3-2-7(11)6-8(9)10/h2-3,6,12-13H,4-5,11H2,1H3. The minimum atomic E-state index is -3.19. The smallest absolute Gasteiger partial charge is 0.213 e. The highest BCUT2D eigenvalue weighted by Crippen LogP contribution is 2.23. The SMILES string of the molecule is CNS(=O)(=O)CCNc1ccc(N)cc1Cl. The predicted molar refractivity (Wildman–Crippen MR) is 67.2 cm³/mol. The molecule has 16 heavy (non-hydrogen) atoms. The molecule has 0 unspecified atom stereocenters. The molecule has 0 atom stereocenters. The lowest BCUT2D eigenvalue weighted by Crippen LogP contribution is -2.26. The van der Waals surface area contributed by atoms with Gasteiger partial charge in [-0.1, -0.05) is 11.6 Å². The molecule has 0 aliphatic rings. The van der Waals surface area contributed by atoms with E-state index in [2.05, 4.69) is 10.0 Å². The van der Waals surface area contributed by atoms with E-state index >= 15 is 0 Å². The van der Waals surface area contributed by atoms with Gasteiger partial charge in [-0.15, -0.1) is 0 Å². The van der Waals surface area contributed by atoms with Gasteiger partial charge in [-0.05, 0) is 25.2 Å². The second kappa shape index (κ2) is 5.38. The van der Waals surface area contributed by atoms with Gasteiger partial charge in [-0.3, -0.25) is 0 Å². The molecule has 5 nitrogen and oxygen atoms in total. The predicted octanol–water partition coefficient (Wildman–Crippen LogP) is 0.883. The van der Waals surface area contributed by atoms with Gasteiger partial charge < -0.3 is 11.1 Å². The van der Waals surface area contributed by atoms with E-state index < -0.39 is 10.0 Å². The van der Waals surface area contributed by atoms with Crippen LogP contribution in [0.4, 0.5) is 11.4 Å². The van der Waals surface area contributed by atoms with Crippen LogP contribution < -0.4 is 15.8 Å². The van der Waals surface area contributed by atoms with Crippen molar-refractivity contribution in [3.05, 3.63) is 23.2 Å². The summed E-state index contributed by atoms with van der Waals surface area (Å²) in [5.74, 6) is -0.00972. The summed E-state index contributed by atoms with van der Waals surface area (Å²) in [7, 11) is -1.81. The van der Waals surface area contributed by atoms with Crippen molar-refractivity contribution in [2.45, 2.75) is 0 Å². The maximum absolute atomic E-state index is 11.1. The molecule has 1 aromatic rings. The van der Waals surface area contributed by atoms with Crippen molar-refractivity contribution in [2.75, 3.05) is 30.4 Å². The van der Waals surface area contributed by atoms with Gasteiger partial charge in [0.05, 0.1) is 16.5 Å². The Morgan fingerprint density at radius 1 is 1.44 bits per heavy atom. The van der Waals surface area contributed by atoms with E-state index in [0.29, 0.717) is 16.4 Å². The monoisotopic (exact) mass is 263 g/mol. The molecule has 7 heteroatoms. The van der Waals surface area contributed by atoms with E-state index in [9.17, 15) is 8.42 Å². The molecule has 0 amide bonds. The zero-order chi connectivity index (χ0) is 12.2. The summed E-state index contributed by atoms with van der Waals surface area (Å²) in [6.45, 7) is 0.285. The van der Waals surface area contributed by atoms with Crippen LogP contribution in [-0.2, 0) is 10.0 Å². The molecule has 0 bridgehead atoms. The number of hydrogen-bond donors (Lipinski definition) is 3. The molecule has 0 fully saturated rings. The Labute approximate surface area is 100 Å². The average molecular weight is 264 g/mol. The van der Waals surface area contributed by atoms with Crippen LogP contribution in [0, 0.1) is 0 Å². The maximum atomic E-state index is 11.1. The van der Waals surface area contributed by atoms with Crippen LogP contribution >= 0.6 is 11.6 Å². The Hall–Kier alpha value is -0.980. The number of nitrogen functional groups attached to an aromatic ring is 1. The second-order valence-corrected chi connectivity index (χ2v) is 5.64. The van der Waals surface area contributed by atoms with Gasteiger partial charge in [0.15, 0.2) is 0 Å². The number of rotatable bonds is 5. The first-order valence-electron chi connectivity index (χ1n) is 4.65. The maximum Gasteiger partial charge on any atom is 0.213 e. The van der Waals surface area contributed by atoms with Gasteiger partial charge in [-0.2, -0.15) is 0 Å². The van der Waals surface area contributed by atoms with Crippen molar-refractivity contribution < 1.29 is 8.42 Å². The van der Waals surface area contributed by atoms with Gasteiger partial charge in [0.1, 0.15) is 0 Å². The lowest BCUT2D eigenvalue weighted by molar-refractivity contribution is 0.588. The Bertz CT molecular complexity index is 462. The largest absolute Gasteiger partial charge is 0.399 e. The summed E-state index contributed by atoms with van der Waals surface area (Å²) in [5.41, 5.74) is 6.77. The highest BCUT2D eigenvalue weighted by molar-refractivity contribution is 7.89. The molecule has 0 spiro atoms. The summed E-state index contributed by atoms with van der Waals surface area (Å²) >= 11 is 5.91. The highest BCUT2D eigenvalue weighted by atomic mass is 35.5. The third-order valence-corrected chi connectivity index (χ3v) is 3.67. The van der Waals surface area contributed by atoms with Crippen LogP contribution in [0.3, 0.4) is 0 Å². The highest BCUT2D eigenvalue weighted by Gasteiger charge is 2.06. The topological polar surface area (TPSA) is 84.2 Å². The Morgan fingerprint density at radius 2 is 2.12 bits per heavy atom. The van der Waals surface area contributed by atoms with Crippen molar-refractivity contribution in [1.29, 1.82) is 0 Å². The third kappa shape index (κ3) is 3.88. The fourth-order valence-corrected chi connectivity index (χ4v) is 1.93. The van der Waals surface area contributed by atoms with Gasteiger partial charge in [0.2, 0.25) is 10.0 Å². The molecule has 0 aliphatic heterocycles. The zero-order valence-corrected chi connectivity index (χ0v) is 10.4. The second-order valence-electron chi connectivity index (χ2n) is 3.19. The molecule has 0 aromatic heterocycles. The lowest BCUT2D eigenvalue weighted by atomic mass is 10.3. The van der Waals surface area contributed by atoms with Crippen molar-refractivity contribution >= 4 is 33.0 Å². The normalized spacial score (nSPS) is 11.4. The molecule has 0 radical (unpaired) electrons. The van der Waals surface area contributed by atoms with Crippen LogP contribution in [-0.4, -0.2) is 27.8 Å². The first-order chi connectivity index (χ1) is 7.44. The quantitative estimate of drug-likeness (QED) is 0.689.